The molecule has 0 saturated heterocycles. The Balaban J connectivity index is 1.50. The summed E-state index contributed by atoms with van der Waals surface area (Å²) in [5, 5.41) is 5.40. The zero-order valence-corrected chi connectivity index (χ0v) is 18.3. The maximum Gasteiger partial charge on any atom is 0.271 e. The molecular formula is C22H22N2O4S2. The lowest BCUT2D eigenvalue weighted by Crippen LogP contribution is -2.34. The van der Waals surface area contributed by atoms with Crippen LogP contribution in [0.1, 0.15) is 42.4 Å². The molecule has 156 valence electrons. The predicted molar refractivity (Wildman–Crippen MR) is 117 cm³/mol. The van der Waals surface area contributed by atoms with Gasteiger partial charge in [-0.3, -0.25) is 4.79 Å². The number of fused-ring (bicyclic) bond motifs is 1. The fraction of sp³-hybridized carbons (Fsp3) is 0.273. The Morgan fingerprint density at radius 1 is 1.17 bits per heavy atom. The number of sulfone groups is 1. The average molecular weight is 443 g/mol. The van der Waals surface area contributed by atoms with Gasteiger partial charge in [-0.25, -0.2) is 13.4 Å². The second kappa shape index (κ2) is 8.20. The molecule has 1 unspecified atom stereocenters. The molecule has 0 radical (unpaired) electrons. The topological polar surface area (TPSA) is 85.4 Å². The van der Waals surface area contributed by atoms with Crippen LogP contribution in [0.2, 0.25) is 0 Å². The van der Waals surface area contributed by atoms with Crippen LogP contribution in [0, 0.1) is 0 Å². The van der Waals surface area contributed by atoms with Crippen molar-refractivity contribution in [1.82, 2.24) is 10.3 Å². The lowest BCUT2D eigenvalue weighted by Gasteiger charge is -2.25. The van der Waals surface area contributed by atoms with Gasteiger partial charge in [-0.15, -0.1) is 11.3 Å². The summed E-state index contributed by atoms with van der Waals surface area (Å²) in [5.74, 6) is 0.493. The van der Waals surface area contributed by atoms with Crippen LogP contribution in [0.25, 0.3) is 10.6 Å². The van der Waals surface area contributed by atoms with Crippen molar-refractivity contribution in [3.63, 3.8) is 0 Å². The van der Waals surface area contributed by atoms with Gasteiger partial charge in [0, 0.05) is 10.9 Å². The van der Waals surface area contributed by atoms with Gasteiger partial charge in [0.15, 0.2) is 9.84 Å². The number of rotatable bonds is 5. The van der Waals surface area contributed by atoms with Crippen LogP contribution < -0.4 is 10.1 Å². The fourth-order valence-corrected chi connectivity index (χ4v) is 5.86. The van der Waals surface area contributed by atoms with Crippen LogP contribution in [-0.2, 0) is 9.84 Å². The van der Waals surface area contributed by atoms with E-state index < -0.39 is 9.84 Å². The highest BCUT2D eigenvalue weighted by Gasteiger charge is 2.31. The number of benzene rings is 2. The lowest BCUT2D eigenvalue weighted by atomic mass is 10.0. The molecule has 0 aliphatic carbocycles. The van der Waals surface area contributed by atoms with E-state index >= 15 is 0 Å². The molecule has 4 rings (SSSR count). The van der Waals surface area contributed by atoms with E-state index in [1.165, 1.54) is 11.3 Å². The minimum Gasteiger partial charge on any atom is -0.491 e. The van der Waals surface area contributed by atoms with Crippen LogP contribution >= 0.6 is 11.3 Å². The highest BCUT2D eigenvalue weighted by Crippen LogP contribution is 2.32. The molecule has 30 heavy (non-hydrogen) atoms. The maximum atomic E-state index is 12.8. The van der Waals surface area contributed by atoms with Crippen molar-refractivity contribution < 1.29 is 17.9 Å². The normalized spacial score (nSPS) is 17.4. The Kier molecular flexibility index (Phi) is 5.62. The molecule has 2 aromatic carbocycles. The predicted octanol–water partition coefficient (Wildman–Crippen LogP) is 4.25. The molecule has 0 fully saturated rings. The molecule has 2 heterocycles. The van der Waals surface area contributed by atoms with Gasteiger partial charge in [0.1, 0.15) is 16.5 Å². The summed E-state index contributed by atoms with van der Waals surface area (Å²) in [4.78, 5) is 17.5. The smallest absolute Gasteiger partial charge is 0.271 e. The van der Waals surface area contributed by atoms with Gasteiger partial charge in [0.2, 0.25) is 0 Å². The first-order chi connectivity index (χ1) is 14.3. The monoisotopic (exact) mass is 442 g/mol. The van der Waals surface area contributed by atoms with E-state index in [1.54, 1.807) is 29.6 Å². The quantitative estimate of drug-likeness (QED) is 0.639. The summed E-state index contributed by atoms with van der Waals surface area (Å²) in [6.45, 7) is 3.94. The van der Waals surface area contributed by atoms with Crippen LogP contribution in [0.4, 0.5) is 0 Å². The van der Waals surface area contributed by atoms with Gasteiger partial charge in [-0.2, -0.15) is 0 Å². The van der Waals surface area contributed by atoms with E-state index in [2.05, 4.69) is 10.3 Å². The second-order valence-electron chi connectivity index (χ2n) is 7.40. The molecule has 1 aliphatic heterocycles. The van der Waals surface area contributed by atoms with Gasteiger partial charge < -0.3 is 10.1 Å². The Morgan fingerprint density at radius 2 is 1.90 bits per heavy atom. The molecule has 1 atom stereocenters. The Labute approximate surface area is 179 Å². The maximum absolute atomic E-state index is 12.8. The van der Waals surface area contributed by atoms with Crippen molar-refractivity contribution >= 4 is 27.1 Å². The van der Waals surface area contributed by atoms with E-state index in [4.69, 9.17) is 4.74 Å². The molecule has 6 nitrogen and oxygen atoms in total. The Hall–Kier alpha value is -2.71. The molecule has 1 N–H and O–H groups in total. The summed E-state index contributed by atoms with van der Waals surface area (Å²) >= 11 is 1.39. The number of nitrogens with zero attached hydrogens (tertiary/aromatic N) is 1. The average Bonchev–Trinajstić information content (AvgIpc) is 3.21. The number of amides is 1. The first-order valence-corrected chi connectivity index (χ1v) is 12.2. The number of carbonyl (C=O) groups is 1. The number of carbonyl (C=O) groups excluding carboxylic acids is 1. The number of hydrogen-bond donors (Lipinski definition) is 1. The van der Waals surface area contributed by atoms with Crippen molar-refractivity contribution in [2.45, 2.75) is 37.3 Å². The first kappa shape index (κ1) is 20.6. The van der Waals surface area contributed by atoms with E-state index in [9.17, 15) is 13.2 Å². The number of aromatic nitrogens is 1. The number of ether oxygens (including phenoxy) is 1. The molecule has 0 bridgehead atoms. The minimum absolute atomic E-state index is 0.0159. The van der Waals surface area contributed by atoms with E-state index in [1.807, 2.05) is 38.1 Å². The third-order valence-electron chi connectivity index (χ3n) is 4.82. The van der Waals surface area contributed by atoms with Crippen molar-refractivity contribution in [3.05, 3.63) is 65.2 Å². The van der Waals surface area contributed by atoms with Gasteiger partial charge >= 0.3 is 0 Å². The molecule has 0 spiro atoms. The standard InChI is InChI=1S/C22H22N2O4S2/c1-14(2)28-16-9-7-15(8-10-16)22-24-19(13-29-22)21(25)23-18-11-12-30(26,27)20-6-4-3-5-17(18)20/h3-10,13-14,18H,11-12H2,1-2H3,(H,23,25). The second-order valence-corrected chi connectivity index (χ2v) is 10.3. The number of hydrogen-bond acceptors (Lipinski definition) is 6. The zero-order chi connectivity index (χ0) is 21.3. The van der Waals surface area contributed by atoms with Crippen LogP contribution in [0.15, 0.2) is 58.8 Å². The van der Waals surface area contributed by atoms with Gasteiger partial charge in [0.25, 0.3) is 5.91 Å². The van der Waals surface area contributed by atoms with Gasteiger partial charge in [-0.1, -0.05) is 18.2 Å². The number of thiazole rings is 1. The summed E-state index contributed by atoms with van der Waals surface area (Å²) < 4.78 is 30.2. The molecular weight excluding hydrogens is 420 g/mol. The molecule has 1 aliphatic rings. The summed E-state index contributed by atoms with van der Waals surface area (Å²) in [7, 11) is -3.29. The molecule has 8 heteroatoms. The van der Waals surface area contributed by atoms with Gasteiger partial charge in [-0.05, 0) is 56.2 Å². The lowest BCUT2D eigenvalue weighted by molar-refractivity contribution is 0.0930. The largest absolute Gasteiger partial charge is 0.491 e. The van der Waals surface area contributed by atoms with Gasteiger partial charge in [0.05, 0.1) is 22.8 Å². The van der Waals surface area contributed by atoms with Crippen LogP contribution in [-0.4, -0.2) is 31.2 Å². The zero-order valence-electron chi connectivity index (χ0n) is 16.7. The highest BCUT2D eigenvalue weighted by molar-refractivity contribution is 7.91. The molecule has 1 amide bonds. The summed E-state index contributed by atoms with van der Waals surface area (Å²) in [5.41, 5.74) is 1.86. The highest BCUT2D eigenvalue weighted by atomic mass is 32.2. The molecule has 0 saturated carbocycles. The Bertz CT molecular complexity index is 1170. The SMILES string of the molecule is CC(C)Oc1ccc(-c2nc(C(=O)NC3CCS(=O)(=O)c4ccccc43)cs2)cc1. The van der Waals surface area contributed by atoms with Crippen LogP contribution in [0.3, 0.4) is 0 Å². The summed E-state index contributed by atoms with van der Waals surface area (Å²) in [6, 6.07) is 14.1. The third kappa shape index (κ3) is 4.24. The van der Waals surface area contributed by atoms with E-state index in [0.717, 1.165) is 16.3 Å². The Morgan fingerprint density at radius 3 is 2.63 bits per heavy atom. The van der Waals surface area contributed by atoms with Crippen LogP contribution in [0.5, 0.6) is 5.75 Å². The first-order valence-electron chi connectivity index (χ1n) is 9.68. The van der Waals surface area contributed by atoms with Crippen molar-refractivity contribution in [1.29, 1.82) is 0 Å². The van der Waals surface area contributed by atoms with Crippen molar-refractivity contribution in [3.8, 4) is 16.3 Å². The third-order valence-corrected chi connectivity index (χ3v) is 7.53. The van der Waals surface area contributed by atoms with Crippen molar-refractivity contribution in [2.24, 2.45) is 0 Å². The summed E-state index contributed by atoms with van der Waals surface area (Å²) in [6.07, 6.45) is 0.449. The van der Waals surface area contributed by atoms with Crippen molar-refractivity contribution in [2.75, 3.05) is 5.75 Å². The minimum atomic E-state index is -3.29. The number of nitrogens with one attached hydrogen (secondary N) is 1. The molecule has 1 aromatic heterocycles. The molecule has 3 aromatic rings. The van der Waals surface area contributed by atoms with E-state index in [-0.39, 0.29) is 23.8 Å². The fourth-order valence-electron chi connectivity index (χ4n) is 3.43. The van der Waals surface area contributed by atoms with E-state index in [0.29, 0.717) is 22.6 Å².